The van der Waals surface area contributed by atoms with E-state index in [4.69, 9.17) is 4.74 Å². The van der Waals surface area contributed by atoms with Crippen molar-refractivity contribution in [3.05, 3.63) is 41.7 Å². The van der Waals surface area contributed by atoms with Gasteiger partial charge in [0.25, 0.3) is 0 Å². The van der Waals surface area contributed by atoms with Gasteiger partial charge in [0.15, 0.2) is 17.5 Å². The van der Waals surface area contributed by atoms with Crippen LogP contribution >= 0.6 is 0 Å². The van der Waals surface area contributed by atoms with Gasteiger partial charge in [-0.3, -0.25) is 9.67 Å². The topological polar surface area (TPSA) is 76.4 Å². The lowest BCUT2D eigenvalue weighted by Gasteiger charge is -2.18. The number of rotatable bonds is 5. The summed E-state index contributed by atoms with van der Waals surface area (Å²) in [6.45, 7) is 2.41. The second-order valence-electron chi connectivity index (χ2n) is 4.99. The summed E-state index contributed by atoms with van der Waals surface area (Å²) in [4.78, 5) is 8.29. The second-order valence-corrected chi connectivity index (χ2v) is 4.99. The number of hydrogen-bond acceptors (Lipinski definition) is 4. The van der Waals surface area contributed by atoms with Crippen molar-refractivity contribution in [2.45, 2.75) is 19.5 Å². The monoisotopic (exact) mass is 320 g/mol. The lowest BCUT2D eigenvalue weighted by molar-refractivity contribution is 0.386. The highest BCUT2D eigenvalue weighted by atomic mass is 19.1. The Morgan fingerprint density at radius 3 is 2.83 bits per heavy atom. The Morgan fingerprint density at radius 2 is 2.26 bits per heavy atom. The number of guanidine groups is 1. The van der Waals surface area contributed by atoms with Gasteiger partial charge in [-0.05, 0) is 24.6 Å². The number of ether oxygens (including phenoxy) is 1. The zero-order chi connectivity index (χ0) is 16.8. The molecule has 1 aromatic carbocycles. The molecule has 124 valence electrons. The van der Waals surface area contributed by atoms with Crippen LogP contribution in [-0.4, -0.2) is 34.9 Å². The average molecular weight is 320 g/mol. The maximum Gasteiger partial charge on any atom is 0.191 e. The fourth-order valence-electron chi connectivity index (χ4n) is 2.08. The molecule has 0 saturated carbocycles. The first-order valence-corrected chi connectivity index (χ1v) is 7.18. The SMILES string of the molecule is CN=C(NCc1ncnn1C)NC(C)c1ccc(OC)c(F)c1. The van der Waals surface area contributed by atoms with Crippen LogP contribution in [0, 0.1) is 5.82 Å². The van der Waals surface area contributed by atoms with Gasteiger partial charge in [0.1, 0.15) is 12.2 Å². The summed E-state index contributed by atoms with van der Waals surface area (Å²) in [6, 6.07) is 4.75. The Labute approximate surface area is 134 Å². The molecular formula is C15H21FN6O. The van der Waals surface area contributed by atoms with Crippen LogP contribution in [0.1, 0.15) is 24.4 Å². The minimum atomic E-state index is -0.388. The molecule has 0 fully saturated rings. The molecule has 0 radical (unpaired) electrons. The van der Waals surface area contributed by atoms with Crippen molar-refractivity contribution in [1.82, 2.24) is 25.4 Å². The van der Waals surface area contributed by atoms with Crippen molar-refractivity contribution in [3.63, 3.8) is 0 Å². The number of halogens is 1. The van der Waals surface area contributed by atoms with E-state index in [0.717, 1.165) is 11.4 Å². The molecule has 0 aliphatic heterocycles. The van der Waals surface area contributed by atoms with Crippen molar-refractivity contribution < 1.29 is 9.13 Å². The summed E-state index contributed by atoms with van der Waals surface area (Å²) in [7, 11) is 4.94. The number of nitrogens with one attached hydrogen (secondary N) is 2. The zero-order valence-electron chi connectivity index (χ0n) is 13.7. The molecule has 0 spiro atoms. The molecule has 1 atom stereocenters. The van der Waals surface area contributed by atoms with Crippen LogP contribution in [0.2, 0.25) is 0 Å². The highest BCUT2D eigenvalue weighted by Crippen LogP contribution is 2.21. The molecule has 2 rings (SSSR count). The van der Waals surface area contributed by atoms with Crippen LogP contribution in [0.5, 0.6) is 5.75 Å². The average Bonchev–Trinajstić information content (AvgIpc) is 2.96. The summed E-state index contributed by atoms with van der Waals surface area (Å²) in [5.74, 6) is 1.22. The molecule has 7 nitrogen and oxygen atoms in total. The van der Waals surface area contributed by atoms with Gasteiger partial charge in [-0.15, -0.1) is 0 Å². The van der Waals surface area contributed by atoms with Crippen molar-refractivity contribution in [1.29, 1.82) is 0 Å². The minimum absolute atomic E-state index is 0.124. The van der Waals surface area contributed by atoms with Crippen molar-refractivity contribution >= 4 is 5.96 Å². The Balaban J connectivity index is 1.98. The normalized spacial score (nSPS) is 12.8. The highest BCUT2D eigenvalue weighted by molar-refractivity contribution is 5.80. The van der Waals surface area contributed by atoms with Gasteiger partial charge in [0, 0.05) is 14.1 Å². The molecule has 0 bridgehead atoms. The lowest BCUT2D eigenvalue weighted by atomic mass is 10.1. The van der Waals surface area contributed by atoms with Crippen LogP contribution in [0.25, 0.3) is 0 Å². The van der Waals surface area contributed by atoms with E-state index in [2.05, 4.69) is 25.7 Å². The van der Waals surface area contributed by atoms with Crippen molar-refractivity contribution in [2.24, 2.45) is 12.0 Å². The minimum Gasteiger partial charge on any atom is -0.494 e. The first kappa shape index (κ1) is 16.7. The number of nitrogens with zero attached hydrogens (tertiary/aromatic N) is 4. The Hall–Kier alpha value is -2.64. The molecule has 1 unspecified atom stereocenters. The van der Waals surface area contributed by atoms with Gasteiger partial charge in [-0.2, -0.15) is 5.10 Å². The van der Waals surface area contributed by atoms with E-state index in [1.54, 1.807) is 17.8 Å². The lowest BCUT2D eigenvalue weighted by Crippen LogP contribution is -2.38. The van der Waals surface area contributed by atoms with Crippen LogP contribution in [0.15, 0.2) is 29.5 Å². The molecule has 23 heavy (non-hydrogen) atoms. The Kier molecular flexibility index (Phi) is 5.51. The van der Waals surface area contributed by atoms with Gasteiger partial charge < -0.3 is 15.4 Å². The van der Waals surface area contributed by atoms with Crippen LogP contribution < -0.4 is 15.4 Å². The zero-order valence-corrected chi connectivity index (χ0v) is 13.7. The third-order valence-electron chi connectivity index (χ3n) is 3.47. The van der Waals surface area contributed by atoms with E-state index in [1.807, 2.05) is 20.0 Å². The predicted molar refractivity (Wildman–Crippen MR) is 85.7 cm³/mol. The van der Waals surface area contributed by atoms with E-state index >= 15 is 0 Å². The van der Waals surface area contributed by atoms with Gasteiger partial charge in [-0.25, -0.2) is 9.37 Å². The quantitative estimate of drug-likeness (QED) is 0.643. The van der Waals surface area contributed by atoms with Crippen LogP contribution in [0.3, 0.4) is 0 Å². The van der Waals surface area contributed by atoms with Gasteiger partial charge in [0.05, 0.1) is 19.7 Å². The van der Waals surface area contributed by atoms with Crippen molar-refractivity contribution in [3.8, 4) is 5.75 Å². The number of aryl methyl sites for hydroxylation is 1. The summed E-state index contributed by atoms with van der Waals surface area (Å²) in [5.41, 5.74) is 0.796. The fraction of sp³-hybridized carbons (Fsp3) is 0.400. The van der Waals surface area contributed by atoms with E-state index < -0.39 is 0 Å². The maximum absolute atomic E-state index is 13.8. The molecule has 0 saturated heterocycles. The third-order valence-corrected chi connectivity index (χ3v) is 3.47. The number of benzene rings is 1. The highest BCUT2D eigenvalue weighted by Gasteiger charge is 2.11. The molecule has 2 N–H and O–H groups in total. The molecule has 8 heteroatoms. The summed E-state index contributed by atoms with van der Waals surface area (Å²) in [5, 5.41) is 10.4. The van der Waals surface area contributed by atoms with Crippen LogP contribution in [-0.2, 0) is 13.6 Å². The molecule has 0 aliphatic rings. The third kappa shape index (κ3) is 4.18. The first-order valence-electron chi connectivity index (χ1n) is 7.18. The molecule has 0 aliphatic carbocycles. The molecule has 0 amide bonds. The number of aliphatic imine (C=N–C) groups is 1. The molecule has 1 aromatic heterocycles. The Morgan fingerprint density at radius 1 is 1.48 bits per heavy atom. The standard InChI is InChI=1S/C15H21FN6O/c1-10(11-5-6-13(23-4)12(16)7-11)21-15(17-2)18-8-14-19-9-20-22(14)3/h5-7,9-10H,8H2,1-4H3,(H2,17,18,21). The number of methoxy groups -OCH3 is 1. The molecular weight excluding hydrogens is 299 g/mol. The second kappa shape index (κ2) is 7.57. The van der Waals surface area contributed by atoms with E-state index in [0.29, 0.717) is 12.5 Å². The van der Waals surface area contributed by atoms with Gasteiger partial charge in [-0.1, -0.05) is 6.07 Å². The van der Waals surface area contributed by atoms with Gasteiger partial charge >= 0.3 is 0 Å². The smallest absolute Gasteiger partial charge is 0.191 e. The van der Waals surface area contributed by atoms with Crippen molar-refractivity contribution in [2.75, 3.05) is 14.2 Å². The first-order chi connectivity index (χ1) is 11.0. The van der Waals surface area contributed by atoms with E-state index in [1.165, 1.54) is 19.5 Å². The molecule has 1 heterocycles. The molecule has 2 aromatic rings. The van der Waals surface area contributed by atoms with E-state index in [9.17, 15) is 4.39 Å². The Bertz CT molecular complexity index is 684. The van der Waals surface area contributed by atoms with Gasteiger partial charge in [0.2, 0.25) is 0 Å². The van der Waals surface area contributed by atoms with Crippen LogP contribution in [0.4, 0.5) is 4.39 Å². The summed E-state index contributed by atoms with van der Waals surface area (Å²) < 4.78 is 20.4. The van der Waals surface area contributed by atoms with E-state index in [-0.39, 0.29) is 17.6 Å². The largest absolute Gasteiger partial charge is 0.494 e. The predicted octanol–water partition coefficient (Wildman–Crippen LogP) is 1.39. The maximum atomic E-state index is 13.8. The number of aromatic nitrogens is 3. The summed E-state index contributed by atoms with van der Waals surface area (Å²) >= 11 is 0. The number of hydrogen-bond donors (Lipinski definition) is 2. The summed E-state index contributed by atoms with van der Waals surface area (Å²) in [6.07, 6.45) is 1.50. The fourth-order valence-corrected chi connectivity index (χ4v) is 2.08.